The van der Waals surface area contributed by atoms with Gasteiger partial charge < -0.3 is 4.74 Å². The van der Waals surface area contributed by atoms with Crippen LogP contribution in [0.4, 0.5) is 4.39 Å². The van der Waals surface area contributed by atoms with Gasteiger partial charge in [-0.2, -0.15) is 4.39 Å². The van der Waals surface area contributed by atoms with E-state index in [1.54, 1.807) is 37.4 Å². The summed E-state index contributed by atoms with van der Waals surface area (Å²) in [5.74, 6) is 0.954. The van der Waals surface area contributed by atoms with Gasteiger partial charge in [-0.1, -0.05) is 18.2 Å². The number of thiophene rings is 1. The first kappa shape index (κ1) is 19.5. The molecule has 0 aliphatic carbocycles. The molecule has 0 fully saturated rings. The van der Waals surface area contributed by atoms with Gasteiger partial charge in [0.25, 0.3) is 0 Å². The molecule has 2 atom stereocenters. The number of carbonyl (C=O) groups is 1. The van der Waals surface area contributed by atoms with Crippen LogP contribution in [0.2, 0.25) is 0 Å². The lowest BCUT2D eigenvalue weighted by Gasteiger charge is -2.22. The van der Waals surface area contributed by atoms with Gasteiger partial charge in [-0.05, 0) is 46.8 Å². The Kier molecular flexibility index (Phi) is 6.20. The molecule has 8 heteroatoms. The van der Waals surface area contributed by atoms with Crippen molar-refractivity contribution in [2.24, 2.45) is 0 Å². The molecule has 0 saturated heterocycles. The van der Waals surface area contributed by atoms with Crippen LogP contribution in [0.3, 0.4) is 0 Å². The summed E-state index contributed by atoms with van der Waals surface area (Å²) in [4.78, 5) is 11.0. The fraction of sp³-hybridized carbons (Fsp3) is 0.211. The number of benzene rings is 2. The van der Waals surface area contributed by atoms with E-state index in [0.717, 1.165) is 27.0 Å². The highest BCUT2D eigenvalue weighted by Crippen LogP contribution is 2.27. The molecular formula is C19H18FNO4S2. The second-order valence-electron chi connectivity index (χ2n) is 5.95. The average Bonchev–Trinajstić information content (AvgIpc) is 3.05. The summed E-state index contributed by atoms with van der Waals surface area (Å²) in [5, 5.41) is 11.0. The Labute approximate surface area is 162 Å². The maximum absolute atomic E-state index is 13.3. The number of fused-ring (bicyclic) bond motifs is 1. The van der Waals surface area contributed by atoms with E-state index in [2.05, 4.69) is 0 Å². The summed E-state index contributed by atoms with van der Waals surface area (Å²) < 4.78 is 31.9. The van der Waals surface area contributed by atoms with Crippen LogP contribution in [0, 0.1) is 5.13 Å². The number of methoxy groups -OCH3 is 1. The minimum Gasteiger partial charge on any atom is -0.497 e. The SMILES string of the molecule is COc1ccc([C@@H](CS(=O)Cc2ccc3sc(F)cc3c2)N(O)C=O)cc1. The molecule has 3 rings (SSSR count). The van der Waals surface area contributed by atoms with Gasteiger partial charge in [0.2, 0.25) is 6.41 Å². The van der Waals surface area contributed by atoms with Crippen LogP contribution in [0.15, 0.2) is 48.5 Å². The van der Waals surface area contributed by atoms with E-state index in [4.69, 9.17) is 4.74 Å². The third-order valence-corrected chi connectivity index (χ3v) is 6.40. The Hall–Kier alpha value is -2.29. The average molecular weight is 407 g/mol. The molecule has 3 aromatic rings. The number of ether oxygens (including phenoxy) is 1. The first-order chi connectivity index (χ1) is 13.0. The molecule has 0 aliphatic rings. The van der Waals surface area contributed by atoms with Crippen molar-refractivity contribution in [3.63, 3.8) is 0 Å². The second kappa shape index (κ2) is 8.60. The van der Waals surface area contributed by atoms with Crippen LogP contribution in [0.5, 0.6) is 5.75 Å². The second-order valence-corrected chi connectivity index (χ2v) is 8.48. The summed E-state index contributed by atoms with van der Waals surface area (Å²) >= 11 is 1.07. The van der Waals surface area contributed by atoms with Crippen molar-refractivity contribution in [2.75, 3.05) is 12.9 Å². The van der Waals surface area contributed by atoms with Crippen molar-refractivity contribution >= 4 is 38.6 Å². The monoisotopic (exact) mass is 407 g/mol. The van der Waals surface area contributed by atoms with Gasteiger partial charge in [-0.25, -0.2) is 5.06 Å². The molecule has 1 aromatic heterocycles. The Morgan fingerprint density at radius 1 is 1.26 bits per heavy atom. The largest absolute Gasteiger partial charge is 0.497 e. The Balaban J connectivity index is 1.75. The maximum Gasteiger partial charge on any atom is 0.233 e. The van der Waals surface area contributed by atoms with Crippen molar-refractivity contribution in [2.45, 2.75) is 11.8 Å². The van der Waals surface area contributed by atoms with Crippen molar-refractivity contribution in [1.82, 2.24) is 5.06 Å². The lowest BCUT2D eigenvalue weighted by atomic mass is 10.1. The van der Waals surface area contributed by atoms with Crippen molar-refractivity contribution < 1.29 is 23.3 Å². The number of hydroxylamine groups is 2. The summed E-state index contributed by atoms with van der Waals surface area (Å²) in [6, 6.07) is 13.0. The molecule has 0 spiro atoms. The normalized spacial score (nSPS) is 13.3. The number of rotatable bonds is 8. The molecule has 142 valence electrons. The zero-order valence-electron chi connectivity index (χ0n) is 14.5. The standard InChI is InChI=1S/C19H18FNO4S2/c1-25-16-5-3-14(4-6-16)17(21(23)12-22)11-27(24)10-13-2-7-18-15(8-13)9-19(20)26-18/h2-9,12,17,23H,10-11H2,1H3/t17-,27?/m1/s1. The van der Waals surface area contributed by atoms with Crippen LogP contribution in [-0.4, -0.2) is 33.8 Å². The third-order valence-electron chi connectivity index (χ3n) is 4.15. The summed E-state index contributed by atoms with van der Waals surface area (Å²) in [6.07, 6.45) is 0.298. The van der Waals surface area contributed by atoms with Crippen molar-refractivity contribution in [1.29, 1.82) is 0 Å². The predicted octanol–water partition coefficient (Wildman–Crippen LogP) is 3.89. The molecule has 2 aromatic carbocycles. The highest BCUT2D eigenvalue weighted by Gasteiger charge is 2.21. The zero-order chi connectivity index (χ0) is 19.4. The van der Waals surface area contributed by atoms with E-state index in [1.165, 1.54) is 6.07 Å². The van der Waals surface area contributed by atoms with Crippen molar-refractivity contribution in [3.8, 4) is 5.75 Å². The minimum atomic E-state index is -1.35. The van der Waals surface area contributed by atoms with E-state index < -0.39 is 16.8 Å². The molecule has 0 saturated carbocycles. The molecule has 27 heavy (non-hydrogen) atoms. The molecule has 5 nitrogen and oxygen atoms in total. The number of carbonyl (C=O) groups excluding carboxylic acids is 1. The quantitative estimate of drug-likeness (QED) is 0.350. The number of hydrogen-bond acceptors (Lipinski definition) is 5. The van der Waals surface area contributed by atoms with E-state index >= 15 is 0 Å². The minimum absolute atomic E-state index is 0.0671. The van der Waals surface area contributed by atoms with Crippen LogP contribution in [0.25, 0.3) is 10.1 Å². The molecule has 0 bridgehead atoms. The topological polar surface area (TPSA) is 66.8 Å². The molecule has 1 unspecified atom stereocenters. The predicted molar refractivity (Wildman–Crippen MR) is 104 cm³/mol. The number of amides is 1. The molecule has 0 radical (unpaired) electrons. The number of halogens is 1. The molecule has 1 N–H and O–H groups in total. The summed E-state index contributed by atoms with van der Waals surface area (Å²) in [7, 11) is 0.194. The summed E-state index contributed by atoms with van der Waals surface area (Å²) in [5.41, 5.74) is 1.46. The van der Waals surface area contributed by atoms with Gasteiger partial charge in [-0.15, -0.1) is 11.3 Å². The van der Waals surface area contributed by atoms with E-state index in [9.17, 15) is 18.6 Å². The van der Waals surface area contributed by atoms with Gasteiger partial charge in [0.1, 0.15) is 5.75 Å². The highest BCUT2D eigenvalue weighted by molar-refractivity contribution is 7.84. The molecule has 1 heterocycles. The Morgan fingerprint density at radius 2 is 2.00 bits per heavy atom. The number of nitrogens with zero attached hydrogens (tertiary/aromatic N) is 1. The van der Waals surface area contributed by atoms with Gasteiger partial charge in [0.05, 0.1) is 18.9 Å². The lowest BCUT2D eigenvalue weighted by molar-refractivity contribution is -0.158. The van der Waals surface area contributed by atoms with Gasteiger partial charge >= 0.3 is 0 Å². The Bertz CT molecular complexity index is 958. The van der Waals surface area contributed by atoms with Gasteiger partial charge in [0.15, 0.2) is 5.13 Å². The fourth-order valence-corrected chi connectivity index (χ4v) is 4.93. The maximum atomic E-state index is 13.3. The van der Waals surface area contributed by atoms with E-state index in [1.807, 2.05) is 12.1 Å². The summed E-state index contributed by atoms with van der Waals surface area (Å²) in [6.45, 7) is 0. The smallest absolute Gasteiger partial charge is 0.233 e. The van der Waals surface area contributed by atoms with Crippen LogP contribution in [0.1, 0.15) is 17.2 Å². The zero-order valence-corrected chi connectivity index (χ0v) is 16.1. The van der Waals surface area contributed by atoms with Crippen LogP contribution >= 0.6 is 11.3 Å². The first-order valence-electron chi connectivity index (χ1n) is 8.09. The van der Waals surface area contributed by atoms with Crippen molar-refractivity contribution in [3.05, 3.63) is 64.8 Å². The highest BCUT2D eigenvalue weighted by atomic mass is 32.2. The van der Waals surface area contributed by atoms with Crippen LogP contribution in [-0.2, 0) is 21.3 Å². The molecule has 0 aliphatic heterocycles. The van der Waals surface area contributed by atoms with E-state index in [-0.39, 0.29) is 16.6 Å². The van der Waals surface area contributed by atoms with Crippen LogP contribution < -0.4 is 4.74 Å². The van der Waals surface area contributed by atoms with E-state index in [0.29, 0.717) is 22.8 Å². The lowest BCUT2D eigenvalue weighted by Crippen LogP contribution is -2.28. The molecular weight excluding hydrogens is 389 g/mol. The van der Waals surface area contributed by atoms with Gasteiger partial charge in [0, 0.05) is 21.3 Å². The first-order valence-corrected chi connectivity index (χ1v) is 10.4. The number of hydrogen-bond donors (Lipinski definition) is 1. The Morgan fingerprint density at radius 3 is 2.67 bits per heavy atom. The third kappa shape index (κ3) is 4.71. The fourth-order valence-electron chi connectivity index (χ4n) is 2.80. The van der Waals surface area contributed by atoms with Gasteiger partial charge in [-0.3, -0.25) is 14.2 Å². The molecule has 1 amide bonds.